The average Bonchev–Trinajstić information content (AvgIpc) is 2.39. The Morgan fingerprint density at radius 2 is 1.73 bits per heavy atom. The van der Waals surface area contributed by atoms with Gasteiger partial charge in [-0.15, -0.1) is 0 Å². The van der Waals surface area contributed by atoms with Gasteiger partial charge in [-0.3, -0.25) is 4.90 Å². The third kappa shape index (κ3) is 1.94. The second-order valence-electron chi connectivity index (χ2n) is 5.70. The number of nitrogens with two attached hydrogens (primary N) is 1. The lowest BCUT2D eigenvalue weighted by Gasteiger charge is -2.43. The first-order chi connectivity index (χ1) is 7.17. The highest BCUT2D eigenvalue weighted by Gasteiger charge is 2.47. The zero-order chi connectivity index (χ0) is 10.9. The summed E-state index contributed by atoms with van der Waals surface area (Å²) >= 11 is 0. The molecule has 0 radical (unpaired) electrons. The van der Waals surface area contributed by atoms with E-state index in [1.807, 2.05) is 0 Å². The molecule has 2 fully saturated rings. The fraction of sp³-hybridized carbons (Fsp3) is 1.00. The summed E-state index contributed by atoms with van der Waals surface area (Å²) in [6, 6.07) is 1.09. The Balaban J connectivity index is 2.19. The summed E-state index contributed by atoms with van der Waals surface area (Å²) in [5.74, 6) is 0. The number of nitrogens with zero attached hydrogens (tertiary/aromatic N) is 1. The van der Waals surface area contributed by atoms with E-state index in [2.05, 4.69) is 18.7 Å². The van der Waals surface area contributed by atoms with Crippen LogP contribution in [0.5, 0.6) is 0 Å². The van der Waals surface area contributed by atoms with Crippen molar-refractivity contribution < 1.29 is 0 Å². The molecule has 2 N–H and O–H groups in total. The maximum absolute atomic E-state index is 6.40. The predicted octanol–water partition coefficient (Wildman–Crippen LogP) is 2.52. The fourth-order valence-corrected chi connectivity index (χ4v) is 3.75. The third-order valence-corrected chi connectivity index (χ3v) is 4.54. The molecular weight excluding hydrogens is 184 g/mol. The lowest BCUT2D eigenvalue weighted by Crippen LogP contribution is -2.55. The highest BCUT2D eigenvalue weighted by molar-refractivity contribution is 5.05. The van der Waals surface area contributed by atoms with Crippen LogP contribution in [0, 0.1) is 0 Å². The largest absolute Gasteiger partial charge is 0.326 e. The number of hydrogen-bond acceptors (Lipinski definition) is 2. The monoisotopic (exact) mass is 210 g/mol. The molecule has 1 saturated heterocycles. The van der Waals surface area contributed by atoms with E-state index >= 15 is 0 Å². The Kier molecular flexibility index (Phi) is 3.36. The minimum atomic E-state index is 0.366. The summed E-state index contributed by atoms with van der Waals surface area (Å²) in [6.45, 7) is 5.87. The Hall–Kier alpha value is -0.0800. The zero-order valence-corrected chi connectivity index (χ0v) is 10.3. The highest BCUT2D eigenvalue weighted by Crippen LogP contribution is 2.41. The molecule has 88 valence electrons. The van der Waals surface area contributed by atoms with E-state index in [1.165, 1.54) is 51.5 Å². The minimum Gasteiger partial charge on any atom is -0.326 e. The van der Waals surface area contributed by atoms with Crippen LogP contribution < -0.4 is 5.73 Å². The van der Waals surface area contributed by atoms with Crippen molar-refractivity contribution in [2.75, 3.05) is 6.54 Å². The average molecular weight is 210 g/mol. The van der Waals surface area contributed by atoms with Crippen molar-refractivity contribution in [3.05, 3.63) is 0 Å². The molecule has 15 heavy (non-hydrogen) atoms. The van der Waals surface area contributed by atoms with E-state index < -0.39 is 0 Å². The van der Waals surface area contributed by atoms with Gasteiger partial charge in [0.1, 0.15) is 0 Å². The second-order valence-corrected chi connectivity index (χ2v) is 5.70. The van der Waals surface area contributed by atoms with Gasteiger partial charge in [0, 0.05) is 24.2 Å². The molecular formula is C13H26N2. The van der Waals surface area contributed by atoms with Crippen LogP contribution in [0.15, 0.2) is 0 Å². The van der Waals surface area contributed by atoms with Crippen LogP contribution in [-0.4, -0.2) is 29.1 Å². The Morgan fingerprint density at radius 3 is 2.27 bits per heavy atom. The van der Waals surface area contributed by atoms with Gasteiger partial charge in [0.05, 0.1) is 0 Å². The summed E-state index contributed by atoms with van der Waals surface area (Å²) in [5.41, 5.74) is 6.77. The van der Waals surface area contributed by atoms with Crippen molar-refractivity contribution in [3.63, 3.8) is 0 Å². The molecule has 1 aliphatic heterocycles. The van der Waals surface area contributed by atoms with E-state index in [-0.39, 0.29) is 0 Å². The molecule has 1 spiro atoms. The van der Waals surface area contributed by atoms with Crippen molar-refractivity contribution >= 4 is 0 Å². The molecule has 2 heteroatoms. The van der Waals surface area contributed by atoms with Crippen LogP contribution in [0.1, 0.15) is 58.8 Å². The van der Waals surface area contributed by atoms with E-state index in [0.717, 1.165) is 0 Å². The molecule has 2 rings (SSSR count). The molecule has 0 amide bonds. The summed E-state index contributed by atoms with van der Waals surface area (Å²) in [4.78, 5) is 2.70. The highest BCUT2D eigenvalue weighted by atomic mass is 15.3. The summed E-state index contributed by atoms with van der Waals surface area (Å²) in [7, 11) is 0. The van der Waals surface area contributed by atoms with Crippen LogP contribution in [0.4, 0.5) is 0 Å². The van der Waals surface area contributed by atoms with E-state index in [1.54, 1.807) is 0 Å². The van der Waals surface area contributed by atoms with Gasteiger partial charge in [0.2, 0.25) is 0 Å². The van der Waals surface area contributed by atoms with Gasteiger partial charge in [0.15, 0.2) is 0 Å². The van der Waals surface area contributed by atoms with Crippen molar-refractivity contribution in [3.8, 4) is 0 Å². The van der Waals surface area contributed by atoms with Crippen molar-refractivity contribution in [2.45, 2.75) is 76.4 Å². The maximum Gasteiger partial charge on any atom is 0.0363 e. The Bertz CT molecular complexity index is 205. The van der Waals surface area contributed by atoms with Crippen LogP contribution in [0.3, 0.4) is 0 Å². The standard InChI is InChI=1S/C13H26N2/c1-11(2)15-10-7-12(14)13(15)8-5-3-4-6-9-13/h11-12H,3-10,14H2,1-2H3. The molecule has 0 aromatic heterocycles. The molecule has 2 nitrogen and oxygen atoms in total. The molecule has 0 bridgehead atoms. The Labute approximate surface area is 94.2 Å². The topological polar surface area (TPSA) is 29.3 Å². The van der Waals surface area contributed by atoms with Gasteiger partial charge < -0.3 is 5.73 Å². The first-order valence-electron chi connectivity index (χ1n) is 6.69. The molecule has 1 aliphatic carbocycles. The van der Waals surface area contributed by atoms with E-state index in [4.69, 9.17) is 5.73 Å². The normalized spacial score (nSPS) is 32.4. The van der Waals surface area contributed by atoms with Crippen LogP contribution in [0.25, 0.3) is 0 Å². The minimum absolute atomic E-state index is 0.366. The quantitative estimate of drug-likeness (QED) is 0.720. The van der Waals surface area contributed by atoms with Crippen LogP contribution >= 0.6 is 0 Å². The van der Waals surface area contributed by atoms with Gasteiger partial charge in [-0.2, -0.15) is 0 Å². The van der Waals surface area contributed by atoms with Gasteiger partial charge in [-0.05, 0) is 33.1 Å². The summed E-state index contributed by atoms with van der Waals surface area (Å²) < 4.78 is 0. The molecule has 0 aromatic carbocycles. The smallest absolute Gasteiger partial charge is 0.0363 e. The van der Waals surface area contributed by atoms with E-state index in [9.17, 15) is 0 Å². The molecule has 0 aromatic rings. The van der Waals surface area contributed by atoms with Crippen molar-refractivity contribution in [1.82, 2.24) is 4.90 Å². The van der Waals surface area contributed by atoms with Crippen molar-refractivity contribution in [1.29, 1.82) is 0 Å². The van der Waals surface area contributed by atoms with Gasteiger partial charge in [0.25, 0.3) is 0 Å². The fourth-order valence-electron chi connectivity index (χ4n) is 3.75. The SMILES string of the molecule is CC(C)N1CCC(N)C12CCCCCC2. The number of hydrogen-bond donors (Lipinski definition) is 1. The summed E-state index contributed by atoms with van der Waals surface area (Å²) in [6.07, 6.45) is 9.49. The predicted molar refractivity (Wildman–Crippen MR) is 64.9 cm³/mol. The third-order valence-electron chi connectivity index (χ3n) is 4.54. The molecule has 1 saturated carbocycles. The molecule has 1 atom stereocenters. The van der Waals surface area contributed by atoms with Crippen LogP contribution in [-0.2, 0) is 0 Å². The zero-order valence-electron chi connectivity index (χ0n) is 10.3. The summed E-state index contributed by atoms with van der Waals surface area (Å²) in [5, 5.41) is 0. The van der Waals surface area contributed by atoms with Crippen molar-refractivity contribution in [2.24, 2.45) is 5.73 Å². The maximum atomic E-state index is 6.40. The number of rotatable bonds is 1. The van der Waals surface area contributed by atoms with E-state index in [0.29, 0.717) is 17.6 Å². The molecule has 1 unspecified atom stereocenters. The first kappa shape index (κ1) is 11.4. The molecule has 1 heterocycles. The lowest BCUT2D eigenvalue weighted by molar-refractivity contribution is 0.0756. The van der Waals surface area contributed by atoms with Crippen LogP contribution in [0.2, 0.25) is 0 Å². The van der Waals surface area contributed by atoms with Gasteiger partial charge >= 0.3 is 0 Å². The first-order valence-corrected chi connectivity index (χ1v) is 6.69. The number of likely N-dealkylation sites (tertiary alicyclic amines) is 1. The second kappa shape index (κ2) is 4.42. The lowest BCUT2D eigenvalue weighted by atomic mass is 9.83. The van der Waals surface area contributed by atoms with Gasteiger partial charge in [-0.1, -0.05) is 25.7 Å². The molecule has 2 aliphatic rings. The van der Waals surface area contributed by atoms with Gasteiger partial charge in [-0.25, -0.2) is 0 Å². The Morgan fingerprint density at radius 1 is 1.13 bits per heavy atom.